The number of carbonyl (C=O) groups excluding carboxylic acids is 1. The number of methoxy groups -OCH3 is 1. The molecule has 0 unspecified atom stereocenters. The van der Waals surface area contributed by atoms with Crippen LogP contribution in [-0.4, -0.2) is 39.0 Å². The standard InChI is InChI=1S/C25H30N5O2P/c1-4-22(31)18-14-27-23(26)12-20(18)28-19-7-5-6-17(25(19)32-3)21-13-24(30(2)29-21)33(15-8-9-15)16-10-11-16/h5-7,12-16H,4,8-11H2,1-3H3,(H3,26,27,28). The number of nitrogens with zero attached hydrogens (tertiary/aromatic N) is 3. The fourth-order valence-electron chi connectivity index (χ4n) is 4.40. The normalized spacial score (nSPS) is 15.6. The number of carbonyl (C=O) groups is 1. The van der Waals surface area contributed by atoms with E-state index in [1.807, 2.05) is 25.1 Å². The number of benzene rings is 1. The molecule has 1 aromatic carbocycles. The number of hydrogen-bond donors (Lipinski definition) is 2. The van der Waals surface area contributed by atoms with Crippen molar-refractivity contribution in [1.82, 2.24) is 14.8 Å². The number of anilines is 3. The van der Waals surface area contributed by atoms with E-state index in [9.17, 15) is 4.79 Å². The zero-order valence-electron chi connectivity index (χ0n) is 19.3. The van der Waals surface area contributed by atoms with Gasteiger partial charge in [0.2, 0.25) is 0 Å². The van der Waals surface area contributed by atoms with Gasteiger partial charge in [0, 0.05) is 31.3 Å². The average Bonchev–Trinajstić information content (AvgIpc) is 3.74. The molecular weight excluding hydrogens is 433 g/mol. The summed E-state index contributed by atoms with van der Waals surface area (Å²) >= 11 is 0. The SMILES string of the molecule is CCC(=O)c1cnc(N)cc1Nc1cccc(-c2cc(P(C3CC3)C3CC3)n(C)n2)c1OC. The molecule has 2 aromatic heterocycles. The first-order chi connectivity index (χ1) is 16.0. The predicted molar refractivity (Wildman–Crippen MR) is 134 cm³/mol. The minimum Gasteiger partial charge on any atom is -0.494 e. The molecule has 0 saturated heterocycles. The number of nitrogens with two attached hydrogens (primary N) is 1. The Bertz CT molecular complexity index is 1190. The Morgan fingerprint density at radius 1 is 1.21 bits per heavy atom. The third-order valence-electron chi connectivity index (χ3n) is 6.31. The van der Waals surface area contributed by atoms with Crippen LogP contribution in [0.3, 0.4) is 0 Å². The Balaban J connectivity index is 1.52. The summed E-state index contributed by atoms with van der Waals surface area (Å²) in [5, 5.41) is 8.26. The molecule has 3 N–H and O–H groups in total. The number of pyridine rings is 1. The number of ketones is 1. The Morgan fingerprint density at radius 2 is 1.94 bits per heavy atom. The summed E-state index contributed by atoms with van der Waals surface area (Å²) in [6, 6.07) is 9.90. The Hall–Kier alpha value is -2.92. The Labute approximate surface area is 195 Å². The van der Waals surface area contributed by atoms with Crippen LogP contribution < -0.4 is 21.2 Å². The third-order valence-corrected chi connectivity index (χ3v) is 9.87. The second-order valence-corrected chi connectivity index (χ2v) is 11.6. The Morgan fingerprint density at radius 3 is 2.58 bits per heavy atom. The molecule has 2 heterocycles. The van der Waals surface area contributed by atoms with Gasteiger partial charge in [-0.05, 0) is 63.1 Å². The zero-order valence-corrected chi connectivity index (χ0v) is 20.2. The van der Waals surface area contributed by atoms with Gasteiger partial charge in [0.1, 0.15) is 5.82 Å². The second-order valence-electron chi connectivity index (χ2n) is 8.82. The van der Waals surface area contributed by atoms with Crippen LogP contribution in [0.1, 0.15) is 49.4 Å². The van der Waals surface area contributed by atoms with Gasteiger partial charge in [-0.15, -0.1) is 0 Å². The molecule has 5 rings (SSSR count). The lowest BCUT2D eigenvalue weighted by Gasteiger charge is -2.16. The number of nitrogen functional groups attached to an aromatic ring is 1. The minimum absolute atomic E-state index is 0.00278. The predicted octanol–water partition coefficient (Wildman–Crippen LogP) is 4.84. The number of Topliss-reactive ketones (excluding diaryl/α,β-unsaturated/α-hetero) is 1. The van der Waals surface area contributed by atoms with Crippen LogP contribution in [0.5, 0.6) is 5.75 Å². The van der Waals surface area contributed by atoms with Crippen LogP contribution in [0.25, 0.3) is 11.3 Å². The molecule has 0 amide bonds. The van der Waals surface area contributed by atoms with E-state index in [-0.39, 0.29) is 13.7 Å². The molecule has 8 heteroatoms. The van der Waals surface area contributed by atoms with Crippen molar-refractivity contribution >= 4 is 36.3 Å². The van der Waals surface area contributed by atoms with Crippen LogP contribution in [-0.2, 0) is 7.05 Å². The van der Waals surface area contributed by atoms with Crippen LogP contribution >= 0.6 is 7.92 Å². The number of ether oxygens (including phenoxy) is 1. The largest absolute Gasteiger partial charge is 0.494 e. The molecule has 0 spiro atoms. The lowest BCUT2D eigenvalue weighted by Crippen LogP contribution is -2.16. The number of nitrogens with one attached hydrogen (secondary N) is 1. The highest BCUT2D eigenvalue weighted by atomic mass is 31.1. The molecule has 0 atom stereocenters. The van der Waals surface area contributed by atoms with Crippen molar-refractivity contribution in [2.75, 3.05) is 18.2 Å². The van der Waals surface area contributed by atoms with Gasteiger partial charge >= 0.3 is 0 Å². The van der Waals surface area contributed by atoms with Gasteiger partial charge in [-0.25, -0.2) is 4.98 Å². The molecule has 33 heavy (non-hydrogen) atoms. The van der Waals surface area contributed by atoms with Gasteiger partial charge in [-0.1, -0.05) is 13.0 Å². The summed E-state index contributed by atoms with van der Waals surface area (Å²) in [4.78, 5) is 16.5. The fraction of sp³-hybridized carbons (Fsp3) is 0.400. The highest BCUT2D eigenvalue weighted by Crippen LogP contribution is 2.63. The van der Waals surface area contributed by atoms with Crippen molar-refractivity contribution in [3.05, 3.63) is 42.1 Å². The minimum atomic E-state index is -0.135. The van der Waals surface area contributed by atoms with E-state index in [0.29, 0.717) is 29.2 Å². The monoisotopic (exact) mass is 463 g/mol. The molecule has 3 aromatic rings. The van der Waals surface area contributed by atoms with Crippen molar-refractivity contribution in [3.63, 3.8) is 0 Å². The van der Waals surface area contributed by atoms with Crippen molar-refractivity contribution in [3.8, 4) is 17.0 Å². The summed E-state index contributed by atoms with van der Waals surface area (Å²) < 4.78 is 7.93. The van der Waals surface area contributed by atoms with E-state index < -0.39 is 0 Å². The molecule has 2 saturated carbocycles. The third kappa shape index (κ3) is 4.34. The van der Waals surface area contributed by atoms with Gasteiger partial charge in [0.25, 0.3) is 0 Å². The Kier molecular flexibility index (Phi) is 5.83. The van der Waals surface area contributed by atoms with E-state index in [4.69, 9.17) is 15.6 Å². The first-order valence-electron chi connectivity index (χ1n) is 11.6. The van der Waals surface area contributed by atoms with Gasteiger partial charge in [0.05, 0.1) is 35.2 Å². The van der Waals surface area contributed by atoms with E-state index in [1.54, 1.807) is 13.2 Å². The second kappa shape index (κ2) is 8.79. The van der Waals surface area contributed by atoms with E-state index in [2.05, 4.69) is 28.1 Å². The summed E-state index contributed by atoms with van der Waals surface area (Å²) in [5.41, 5.74) is 12.8. The van der Waals surface area contributed by atoms with Gasteiger partial charge < -0.3 is 15.8 Å². The van der Waals surface area contributed by atoms with Crippen LogP contribution in [0.4, 0.5) is 17.2 Å². The summed E-state index contributed by atoms with van der Waals surface area (Å²) in [6.45, 7) is 1.83. The van der Waals surface area contributed by atoms with Crippen LogP contribution in [0.15, 0.2) is 36.5 Å². The molecule has 7 nitrogen and oxygen atoms in total. The zero-order chi connectivity index (χ0) is 23.1. The van der Waals surface area contributed by atoms with E-state index in [1.165, 1.54) is 37.3 Å². The highest BCUT2D eigenvalue weighted by Gasteiger charge is 2.43. The lowest BCUT2D eigenvalue weighted by atomic mass is 10.1. The number of para-hydroxylation sites is 1. The number of hydrogen-bond acceptors (Lipinski definition) is 6. The molecule has 0 radical (unpaired) electrons. The van der Waals surface area contributed by atoms with Crippen molar-refractivity contribution in [1.29, 1.82) is 0 Å². The van der Waals surface area contributed by atoms with Crippen molar-refractivity contribution in [2.24, 2.45) is 7.05 Å². The first-order valence-corrected chi connectivity index (χ1v) is 13.0. The van der Waals surface area contributed by atoms with Gasteiger partial charge in [-0.3, -0.25) is 9.48 Å². The van der Waals surface area contributed by atoms with Crippen molar-refractivity contribution < 1.29 is 9.53 Å². The average molecular weight is 464 g/mol. The van der Waals surface area contributed by atoms with Gasteiger partial charge in [0.15, 0.2) is 11.5 Å². The summed E-state index contributed by atoms with van der Waals surface area (Å²) in [6.07, 6.45) is 7.36. The molecule has 2 aliphatic carbocycles. The maximum atomic E-state index is 12.4. The fourth-order valence-corrected chi connectivity index (χ4v) is 7.80. The topological polar surface area (TPSA) is 95.1 Å². The van der Waals surface area contributed by atoms with Crippen LogP contribution in [0.2, 0.25) is 0 Å². The van der Waals surface area contributed by atoms with E-state index >= 15 is 0 Å². The smallest absolute Gasteiger partial charge is 0.166 e. The molecular formula is C25H30N5O2P. The molecule has 2 fully saturated rings. The highest BCUT2D eigenvalue weighted by molar-refractivity contribution is 7.67. The quantitative estimate of drug-likeness (QED) is 0.348. The summed E-state index contributed by atoms with van der Waals surface area (Å²) in [7, 11) is 3.59. The molecule has 2 aliphatic rings. The first kappa shape index (κ1) is 21.9. The van der Waals surface area contributed by atoms with Crippen LogP contribution in [0, 0.1) is 0 Å². The summed E-state index contributed by atoms with van der Waals surface area (Å²) in [5.74, 6) is 1.04. The number of aromatic nitrogens is 3. The van der Waals surface area contributed by atoms with Gasteiger partial charge in [-0.2, -0.15) is 5.10 Å². The van der Waals surface area contributed by atoms with E-state index in [0.717, 1.165) is 28.3 Å². The maximum absolute atomic E-state index is 12.4. The molecule has 172 valence electrons. The maximum Gasteiger partial charge on any atom is 0.166 e. The number of aryl methyl sites for hydroxylation is 1. The molecule has 0 bridgehead atoms. The lowest BCUT2D eigenvalue weighted by molar-refractivity contribution is 0.0988. The van der Waals surface area contributed by atoms with Crippen molar-refractivity contribution in [2.45, 2.75) is 50.3 Å². The number of rotatable bonds is 9. The molecule has 0 aliphatic heterocycles.